The molecule has 0 fully saturated rings. The van der Waals surface area contributed by atoms with E-state index in [1.807, 2.05) is 6.26 Å². The van der Waals surface area contributed by atoms with Crippen molar-refractivity contribution < 1.29 is 13.2 Å². The van der Waals surface area contributed by atoms with Gasteiger partial charge in [0, 0.05) is 11.4 Å². The number of nitrogens with two attached hydrogens (primary N) is 1. The minimum absolute atomic E-state index is 0.0870. The van der Waals surface area contributed by atoms with Gasteiger partial charge in [0.2, 0.25) is 0 Å². The number of nitrogens with zero attached hydrogens (tertiary/aromatic N) is 2. The summed E-state index contributed by atoms with van der Waals surface area (Å²) in [6, 6.07) is 4.12. The molecule has 3 nitrogen and oxygen atoms in total. The smallest absolute Gasteiger partial charge is 0.326 e. The maximum atomic E-state index is 12.9. The van der Waals surface area contributed by atoms with Crippen LogP contribution < -0.4 is 5.73 Å². The quantitative estimate of drug-likeness (QED) is 0.858. The molecule has 0 atom stereocenters. The third kappa shape index (κ3) is 3.66. The molecule has 0 aliphatic carbocycles. The highest BCUT2D eigenvalue weighted by Gasteiger charge is 2.33. The van der Waals surface area contributed by atoms with Crippen LogP contribution in [-0.2, 0) is 12.7 Å². The van der Waals surface area contributed by atoms with Crippen molar-refractivity contribution in [3.63, 3.8) is 0 Å². The molecule has 0 spiro atoms. The van der Waals surface area contributed by atoms with E-state index in [0.717, 1.165) is 22.2 Å². The normalized spacial score (nSPS) is 11.8. The van der Waals surface area contributed by atoms with Gasteiger partial charge in [-0.05, 0) is 24.0 Å². The van der Waals surface area contributed by atoms with Gasteiger partial charge in [0.15, 0.2) is 8.68 Å². The summed E-state index contributed by atoms with van der Waals surface area (Å²) in [6.45, 7) is -0.144. The van der Waals surface area contributed by atoms with Crippen molar-refractivity contribution in [2.45, 2.75) is 26.3 Å². The molecule has 108 valence electrons. The van der Waals surface area contributed by atoms with Crippen molar-refractivity contribution >= 4 is 34.9 Å². The third-order valence-corrected chi connectivity index (χ3v) is 5.31. The number of hydrogen-bond acceptors (Lipinski definition) is 6. The van der Waals surface area contributed by atoms with Gasteiger partial charge in [-0.3, -0.25) is 0 Å². The zero-order valence-corrected chi connectivity index (χ0v) is 12.7. The molecule has 0 saturated carbocycles. The molecule has 0 unspecified atom stereocenters. The Labute approximate surface area is 126 Å². The Morgan fingerprint density at radius 2 is 1.95 bits per heavy atom. The molecule has 0 amide bonds. The lowest BCUT2D eigenvalue weighted by Gasteiger charge is -2.12. The lowest BCUT2D eigenvalue weighted by Crippen LogP contribution is -2.11. The maximum Gasteiger partial charge on any atom is 0.416 e. The zero-order chi connectivity index (χ0) is 14.8. The summed E-state index contributed by atoms with van der Waals surface area (Å²) in [5, 5.41) is 7.83. The second-order valence-corrected chi connectivity index (χ2v) is 7.01. The summed E-state index contributed by atoms with van der Waals surface area (Å²) >= 11 is 3.96. The van der Waals surface area contributed by atoms with Gasteiger partial charge in [-0.15, -0.1) is 10.2 Å². The van der Waals surface area contributed by atoms with Crippen LogP contribution >= 0.6 is 34.9 Å². The number of halogens is 3. The van der Waals surface area contributed by atoms with E-state index in [1.165, 1.54) is 29.2 Å². The topological polar surface area (TPSA) is 51.8 Å². The van der Waals surface area contributed by atoms with Gasteiger partial charge in [-0.1, -0.05) is 40.9 Å². The second kappa shape index (κ2) is 6.33. The fourth-order valence-corrected chi connectivity index (χ4v) is 3.93. The summed E-state index contributed by atoms with van der Waals surface area (Å²) in [4.78, 5) is 0.471. The van der Waals surface area contributed by atoms with Crippen LogP contribution in [0, 0.1) is 0 Å². The minimum atomic E-state index is -4.41. The monoisotopic (exact) mass is 337 g/mol. The molecular formula is C11H10F3N3S3. The summed E-state index contributed by atoms with van der Waals surface area (Å²) in [5.74, 6) is 0. The van der Waals surface area contributed by atoms with Gasteiger partial charge in [0.05, 0.1) is 5.56 Å². The van der Waals surface area contributed by atoms with Gasteiger partial charge in [-0.25, -0.2) is 0 Å². The highest BCUT2D eigenvalue weighted by molar-refractivity contribution is 8.03. The standard InChI is InChI=1S/C11H10F3N3S3/c1-18-9-16-17-10(20-9)19-7-3-2-6(5-15)8(4-7)11(12,13)14/h2-4H,5,15H2,1H3. The van der Waals surface area contributed by atoms with Crippen LogP contribution in [0.5, 0.6) is 0 Å². The van der Waals surface area contributed by atoms with E-state index >= 15 is 0 Å². The minimum Gasteiger partial charge on any atom is -0.326 e. The van der Waals surface area contributed by atoms with E-state index in [4.69, 9.17) is 5.73 Å². The largest absolute Gasteiger partial charge is 0.416 e. The summed E-state index contributed by atoms with van der Waals surface area (Å²) in [6.07, 6.45) is -2.54. The van der Waals surface area contributed by atoms with Gasteiger partial charge in [-0.2, -0.15) is 13.2 Å². The van der Waals surface area contributed by atoms with E-state index in [2.05, 4.69) is 10.2 Å². The maximum absolute atomic E-state index is 12.9. The van der Waals surface area contributed by atoms with E-state index in [-0.39, 0.29) is 12.1 Å². The number of benzene rings is 1. The van der Waals surface area contributed by atoms with Crippen molar-refractivity contribution in [2.24, 2.45) is 5.73 Å². The van der Waals surface area contributed by atoms with Crippen molar-refractivity contribution in [1.29, 1.82) is 0 Å². The van der Waals surface area contributed by atoms with Crippen LogP contribution in [0.25, 0.3) is 0 Å². The first-order chi connectivity index (χ1) is 9.44. The number of alkyl halides is 3. The molecule has 0 saturated heterocycles. The molecule has 2 rings (SSSR count). The Balaban J connectivity index is 2.29. The molecule has 9 heteroatoms. The highest BCUT2D eigenvalue weighted by atomic mass is 32.2. The van der Waals surface area contributed by atoms with E-state index in [0.29, 0.717) is 9.24 Å². The Morgan fingerprint density at radius 1 is 1.25 bits per heavy atom. The van der Waals surface area contributed by atoms with Crippen LogP contribution in [0.3, 0.4) is 0 Å². The van der Waals surface area contributed by atoms with Crippen LogP contribution in [0.15, 0.2) is 31.8 Å². The molecule has 1 aromatic carbocycles. The average Bonchev–Trinajstić information content (AvgIpc) is 2.85. The number of aromatic nitrogens is 2. The van der Waals surface area contributed by atoms with Crippen molar-refractivity contribution in [3.05, 3.63) is 29.3 Å². The molecule has 0 aliphatic heterocycles. The molecule has 2 aromatic rings. The van der Waals surface area contributed by atoms with E-state index in [9.17, 15) is 13.2 Å². The summed E-state index contributed by atoms with van der Waals surface area (Å²) in [5.41, 5.74) is 4.73. The van der Waals surface area contributed by atoms with Crippen LogP contribution in [0.1, 0.15) is 11.1 Å². The van der Waals surface area contributed by atoms with Gasteiger partial charge < -0.3 is 5.73 Å². The molecule has 0 bridgehead atoms. The molecule has 2 N–H and O–H groups in total. The molecule has 0 radical (unpaired) electrons. The van der Waals surface area contributed by atoms with Crippen LogP contribution in [0.4, 0.5) is 13.2 Å². The van der Waals surface area contributed by atoms with Gasteiger partial charge in [0.25, 0.3) is 0 Å². The number of rotatable bonds is 4. The van der Waals surface area contributed by atoms with E-state index < -0.39 is 11.7 Å². The first kappa shape index (κ1) is 15.6. The number of hydrogen-bond donors (Lipinski definition) is 1. The zero-order valence-electron chi connectivity index (χ0n) is 10.3. The van der Waals surface area contributed by atoms with E-state index in [1.54, 1.807) is 6.07 Å². The fraction of sp³-hybridized carbons (Fsp3) is 0.273. The van der Waals surface area contributed by atoms with Crippen molar-refractivity contribution in [2.75, 3.05) is 6.26 Å². The molecule has 20 heavy (non-hydrogen) atoms. The first-order valence-corrected chi connectivity index (χ1v) is 8.25. The van der Waals surface area contributed by atoms with Crippen LogP contribution in [-0.4, -0.2) is 16.5 Å². The fourth-order valence-electron chi connectivity index (χ4n) is 1.48. The molecule has 1 heterocycles. The Morgan fingerprint density at radius 3 is 2.50 bits per heavy atom. The molecule has 1 aromatic heterocycles. The predicted molar refractivity (Wildman–Crippen MR) is 75.1 cm³/mol. The van der Waals surface area contributed by atoms with Crippen molar-refractivity contribution in [1.82, 2.24) is 10.2 Å². The first-order valence-electron chi connectivity index (χ1n) is 5.39. The summed E-state index contributed by atoms with van der Waals surface area (Å²) < 4.78 is 40.2. The second-order valence-electron chi connectivity index (χ2n) is 3.66. The SMILES string of the molecule is CSc1nnc(Sc2ccc(CN)c(C(F)(F)F)c2)s1. The third-order valence-electron chi connectivity index (χ3n) is 2.37. The highest BCUT2D eigenvalue weighted by Crippen LogP contribution is 2.38. The van der Waals surface area contributed by atoms with Gasteiger partial charge >= 0.3 is 6.18 Å². The molecule has 0 aliphatic rings. The Bertz CT molecular complexity index is 598. The Kier molecular flexibility index (Phi) is 4.95. The van der Waals surface area contributed by atoms with Gasteiger partial charge in [0.1, 0.15) is 0 Å². The lowest BCUT2D eigenvalue weighted by atomic mass is 10.1. The molecular weight excluding hydrogens is 327 g/mol. The Hall–Kier alpha value is -0.770. The number of thioether (sulfide) groups is 1. The predicted octanol–water partition coefficient (Wildman–Crippen LogP) is 3.89. The summed E-state index contributed by atoms with van der Waals surface area (Å²) in [7, 11) is 0. The average molecular weight is 337 g/mol. The van der Waals surface area contributed by atoms with Crippen molar-refractivity contribution in [3.8, 4) is 0 Å². The van der Waals surface area contributed by atoms with Crippen LogP contribution in [0.2, 0.25) is 0 Å². The lowest BCUT2D eigenvalue weighted by molar-refractivity contribution is -0.138.